The number of pyridine rings is 1. The predicted molar refractivity (Wildman–Crippen MR) is 70.4 cm³/mol. The highest BCUT2D eigenvalue weighted by Gasteiger charge is 2.07. The highest BCUT2D eigenvalue weighted by atomic mass is 15.2. The zero-order valence-electron chi connectivity index (χ0n) is 9.70. The van der Waals surface area contributed by atoms with Crippen LogP contribution >= 0.6 is 0 Å². The first-order chi connectivity index (χ1) is 8.33. The Bertz CT molecular complexity index is 589. The van der Waals surface area contributed by atoms with Gasteiger partial charge in [0.2, 0.25) is 0 Å². The third kappa shape index (κ3) is 1.93. The van der Waals surface area contributed by atoms with Crippen molar-refractivity contribution in [3.8, 4) is 0 Å². The number of benzene rings is 1. The van der Waals surface area contributed by atoms with Crippen molar-refractivity contribution in [3.63, 3.8) is 0 Å². The minimum absolute atomic E-state index is 0.840. The van der Waals surface area contributed by atoms with E-state index in [1.165, 1.54) is 5.56 Å². The van der Waals surface area contributed by atoms with E-state index >= 15 is 0 Å². The van der Waals surface area contributed by atoms with Gasteiger partial charge in [0.15, 0.2) is 5.96 Å². The lowest BCUT2D eigenvalue weighted by Crippen LogP contribution is -2.26. The van der Waals surface area contributed by atoms with Gasteiger partial charge in [-0.05, 0) is 30.7 Å². The molecule has 0 amide bonds. The van der Waals surface area contributed by atoms with Crippen molar-refractivity contribution in [1.82, 2.24) is 10.3 Å². The van der Waals surface area contributed by atoms with Crippen LogP contribution in [-0.2, 0) is 0 Å². The molecule has 1 aromatic heterocycles. The van der Waals surface area contributed by atoms with Gasteiger partial charge in [-0.15, -0.1) is 0 Å². The van der Waals surface area contributed by atoms with E-state index in [9.17, 15) is 0 Å². The van der Waals surface area contributed by atoms with Crippen LogP contribution in [0.15, 0.2) is 35.5 Å². The summed E-state index contributed by atoms with van der Waals surface area (Å²) in [6.07, 6.45) is 1.81. The van der Waals surface area contributed by atoms with Crippen molar-refractivity contribution in [2.45, 2.75) is 6.92 Å². The first-order valence-electron chi connectivity index (χ1n) is 5.74. The van der Waals surface area contributed by atoms with Crippen LogP contribution in [0.25, 0.3) is 10.9 Å². The van der Waals surface area contributed by atoms with Gasteiger partial charge in [-0.2, -0.15) is 0 Å². The summed E-state index contributed by atoms with van der Waals surface area (Å²) in [7, 11) is 0. The second-order valence-electron chi connectivity index (χ2n) is 4.15. The number of aliphatic imine (C=N–C) groups is 1. The van der Waals surface area contributed by atoms with Gasteiger partial charge in [-0.25, -0.2) is 0 Å². The van der Waals surface area contributed by atoms with Crippen LogP contribution in [0.4, 0.5) is 5.69 Å². The third-order valence-electron chi connectivity index (χ3n) is 2.88. The zero-order chi connectivity index (χ0) is 11.7. The van der Waals surface area contributed by atoms with Gasteiger partial charge < -0.3 is 10.6 Å². The van der Waals surface area contributed by atoms with Gasteiger partial charge >= 0.3 is 0 Å². The number of rotatable bonds is 1. The van der Waals surface area contributed by atoms with Crippen molar-refractivity contribution >= 4 is 22.5 Å². The van der Waals surface area contributed by atoms with Crippen LogP contribution in [0.5, 0.6) is 0 Å². The fourth-order valence-corrected chi connectivity index (χ4v) is 1.98. The number of guanidine groups is 1. The van der Waals surface area contributed by atoms with Crippen LogP contribution in [0.2, 0.25) is 0 Å². The summed E-state index contributed by atoms with van der Waals surface area (Å²) in [5, 5.41) is 7.66. The van der Waals surface area contributed by atoms with Gasteiger partial charge in [0, 0.05) is 23.8 Å². The summed E-state index contributed by atoms with van der Waals surface area (Å²) in [5.74, 6) is 0.850. The highest BCUT2D eigenvalue weighted by molar-refractivity contribution is 5.97. The molecule has 2 heterocycles. The average molecular weight is 226 g/mol. The minimum atomic E-state index is 0.840. The molecule has 0 bridgehead atoms. The number of hydrogen-bond acceptors (Lipinski definition) is 4. The van der Waals surface area contributed by atoms with Gasteiger partial charge in [-0.3, -0.25) is 9.98 Å². The fourth-order valence-electron chi connectivity index (χ4n) is 1.98. The quantitative estimate of drug-likeness (QED) is 0.781. The molecule has 0 aliphatic carbocycles. The molecular formula is C13H14N4. The molecule has 2 aromatic rings. The molecule has 1 aliphatic heterocycles. The van der Waals surface area contributed by atoms with E-state index in [1.807, 2.05) is 12.3 Å². The fraction of sp³-hybridized carbons (Fsp3) is 0.231. The highest BCUT2D eigenvalue weighted by Crippen LogP contribution is 2.21. The SMILES string of the molecule is Cc1cc2cccnc2cc1NC1=NCCN1. The summed E-state index contributed by atoms with van der Waals surface area (Å²) in [4.78, 5) is 8.68. The summed E-state index contributed by atoms with van der Waals surface area (Å²) in [6, 6.07) is 8.23. The molecule has 0 spiro atoms. The lowest BCUT2D eigenvalue weighted by molar-refractivity contribution is 0.959. The Hall–Kier alpha value is -2.10. The van der Waals surface area contributed by atoms with Gasteiger partial charge in [-0.1, -0.05) is 6.07 Å². The van der Waals surface area contributed by atoms with Crippen molar-refractivity contribution in [3.05, 3.63) is 36.0 Å². The molecule has 0 atom stereocenters. The lowest BCUT2D eigenvalue weighted by atomic mass is 10.1. The van der Waals surface area contributed by atoms with Gasteiger partial charge in [0.1, 0.15) is 0 Å². The van der Waals surface area contributed by atoms with E-state index in [0.29, 0.717) is 0 Å². The Balaban J connectivity index is 2.00. The topological polar surface area (TPSA) is 49.3 Å². The molecule has 0 saturated heterocycles. The smallest absolute Gasteiger partial charge is 0.195 e. The molecule has 0 unspecified atom stereocenters. The number of fused-ring (bicyclic) bond motifs is 1. The van der Waals surface area contributed by atoms with Crippen LogP contribution in [0, 0.1) is 6.92 Å². The second kappa shape index (κ2) is 4.05. The zero-order valence-corrected chi connectivity index (χ0v) is 9.70. The number of anilines is 1. The molecule has 0 radical (unpaired) electrons. The molecule has 1 aliphatic rings. The minimum Gasteiger partial charge on any atom is -0.354 e. The summed E-state index contributed by atoms with van der Waals surface area (Å²) < 4.78 is 0. The van der Waals surface area contributed by atoms with E-state index in [-0.39, 0.29) is 0 Å². The van der Waals surface area contributed by atoms with Crippen molar-refractivity contribution in [2.24, 2.45) is 4.99 Å². The molecule has 0 fully saturated rings. The first-order valence-corrected chi connectivity index (χ1v) is 5.74. The molecule has 3 rings (SSSR count). The average Bonchev–Trinajstić information content (AvgIpc) is 2.83. The summed E-state index contributed by atoms with van der Waals surface area (Å²) in [5.41, 5.74) is 3.26. The molecule has 0 saturated carbocycles. The van der Waals surface area contributed by atoms with Gasteiger partial charge in [0.05, 0.1) is 12.1 Å². The number of nitrogens with one attached hydrogen (secondary N) is 2. The predicted octanol–water partition coefficient (Wildman–Crippen LogP) is 1.91. The molecule has 1 aromatic carbocycles. The number of nitrogens with zero attached hydrogens (tertiary/aromatic N) is 2. The number of aromatic nitrogens is 1. The Kier molecular flexibility index (Phi) is 2.40. The Labute approximate surface area is 99.8 Å². The monoisotopic (exact) mass is 226 g/mol. The van der Waals surface area contributed by atoms with Crippen LogP contribution in [0.1, 0.15) is 5.56 Å². The van der Waals surface area contributed by atoms with E-state index in [1.54, 1.807) is 0 Å². The normalized spacial score (nSPS) is 14.5. The molecule has 17 heavy (non-hydrogen) atoms. The maximum atomic E-state index is 4.36. The molecular weight excluding hydrogens is 212 g/mol. The maximum Gasteiger partial charge on any atom is 0.195 e. The first kappa shape index (κ1) is 10.1. The van der Waals surface area contributed by atoms with Crippen molar-refractivity contribution in [1.29, 1.82) is 0 Å². The van der Waals surface area contributed by atoms with Crippen molar-refractivity contribution < 1.29 is 0 Å². The third-order valence-corrected chi connectivity index (χ3v) is 2.88. The van der Waals surface area contributed by atoms with Crippen LogP contribution < -0.4 is 10.6 Å². The standard InChI is InChI=1S/C13H14N4/c1-9-7-10-3-2-4-14-12(10)8-11(9)17-13-15-5-6-16-13/h2-4,7-8H,5-6H2,1H3,(H2,15,16,17). The maximum absolute atomic E-state index is 4.36. The number of hydrogen-bond donors (Lipinski definition) is 2. The van der Waals surface area contributed by atoms with Crippen LogP contribution in [0.3, 0.4) is 0 Å². The van der Waals surface area contributed by atoms with E-state index in [2.05, 4.69) is 45.7 Å². The van der Waals surface area contributed by atoms with E-state index in [0.717, 1.165) is 35.6 Å². The van der Waals surface area contributed by atoms with Crippen molar-refractivity contribution in [2.75, 3.05) is 18.4 Å². The van der Waals surface area contributed by atoms with Crippen LogP contribution in [-0.4, -0.2) is 24.0 Å². The van der Waals surface area contributed by atoms with Gasteiger partial charge in [0.25, 0.3) is 0 Å². The molecule has 4 heteroatoms. The number of aryl methyl sites for hydroxylation is 1. The molecule has 2 N–H and O–H groups in total. The largest absolute Gasteiger partial charge is 0.354 e. The molecule has 4 nitrogen and oxygen atoms in total. The summed E-state index contributed by atoms with van der Waals surface area (Å²) >= 11 is 0. The Morgan fingerprint density at radius 2 is 2.29 bits per heavy atom. The van der Waals surface area contributed by atoms with E-state index < -0.39 is 0 Å². The van der Waals surface area contributed by atoms with E-state index in [4.69, 9.17) is 0 Å². The Morgan fingerprint density at radius 3 is 3.12 bits per heavy atom. The summed E-state index contributed by atoms with van der Waals surface area (Å²) in [6.45, 7) is 3.84. The molecule has 86 valence electrons. The Morgan fingerprint density at radius 1 is 1.35 bits per heavy atom. The second-order valence-corrected chi connectivity index (χ2v) is 4.15. The lowest BCUT2D eigenvalue weighted by Gasteiger charge is -2.10.